The van der Waals surface area contributed by atoms with E-state index in [0.29, 0.717) is 30.2 Å². The highest BCUT2D eigenvalue weighted by Gasteiger charge is 2.18. The molecule has 0 saturated heterocycles. The number of benzene rings is 3. The summed E-state index contributed by atoms with van der Waals surface area (Å²) in [6.07, 6.45) is 0. The standard InChI is InChI=1S/C27H29ClN2O3/c1-4-30(27(33)29-16-20-8-6-5-7-9-20)17-23-12-18(2)10-11-25(23)22-13-21(14-24(28)15-22)19(3)26(31)32/h5-15,19H,4,16-17H2,1-3H3,(H,29,33)(H,31,32). The molecular formula is C27H29ClN2O3. The number of hydrogen-bond acceptors (Lipinski definition) is 2. The topological polar surface area (TPSA) is 69.6 Å². The zero-order valence-electron chi connectivity index (χ0n) is 19.1. The maximum absolute atomic E-state index is 12.9. The molecule has 0 aromatic heterocycles. The number of nitrogens with one attached hydrogen (secondary N) is 1. The van der Waals surface area contributed by atoms with Crippen LogP contribution in [0.25, 0.3) is 11.1 Å². The molecule has 0 heterocycles. The molecule has 0 bridgehead atoms. The summed E-state index contributed by atoms with van der Waals surface area (Å²) in [5.74, 6) is -1.58. The molecule has 2 amide bonds. The van der Waals surface area contributed by atoms with E-state index in [2.05, 4.69) is 11.4 Å². The summed E-state index contributed by atoms with van der Waals surface area (Å²) in [6, 6.07) is 21.1. The van der Waals surface area contributed by atoms with Gasteiger partial charge in [0, 0.05) is 24.7 Å². The number of rotatable bonds is 8. The maximum atomic E-state index is 12.9. The molecule has 3 aromatic rings. The average Bonchev–Trinajstić information content (AvgIpc) is 2.80. The van der Waals surface area contributed by atoms with Gasteiger partial charge in [0.25, 0.3) is 0 Å². The van der Waals surface area contributed by atoms with E-state index in [1.807, 2.05) is 68.4 Å². The molecule has 1 atom stereocenters. The van der Waals surface area contributed by atoms with Crippen molar-refractivity contribution < 1.29 is 14.7 Å². The molecule has 5 nitrogen and oxygen atoms in total. The monoisotopic (exact) mass is 464 g/mol. The summed E-state index contributed by atoms with van der Waals surface area (Å²) in [5, 5.41) is 12.9. The van der Waals surface area contributed by atoms with Crippen LogP contribution >= 0.6 is 11.6 Å². The number of nitrogens with zero attached hydrogens (tertiary/aromatic N) is 1. The molecule has 2 N–H and O–H groups in total. The largest absolute Gasteiger partial charge is 0.481 e. The second-order valence-electron chi connectivity index (χ2n) is 8.15. The number of urea groups is 1. The second kappa shape index (κ2) is 11.0. The number of aliphatic carboxylic acids is 1. The zero-order valence-corrected chi connectivity index (χ0v) is 19.9. The van der Waals surface area contributed by atoms with Gasteiger partial charge in [-0.15, -0.1) is 0 Å². The molecule has 6 heteroatoms. The SMILES string of the molecule is CCN(Cc1cc(C)ccc1-c1cc(Cl)cc(C(C)C(=O)O)c1)C(=O)NCc1ccccc1. The Bertz CT molecular complexity index is 1130. The van der Waals surface area contributed by atoms with Crippen molar-refractivity contribution in [2.24, 2.45) is 0 Å². The number of carboxylic acid groups (broad SMARTS) is 1. The zero-order chi connectivity index (χ0) is 24.0. The minimum absolute atomic E-state index is 0.139. The lowest BCUT2D eigenvalue weighted by Gasteiger charge is -2.24. The van der Waals surface area contributed by atoms with Crippen LogP contribution in [0.15, 0.2) is 66.7 Å². The molecule has 0 aliphatic carbocycles. The lowest BCUT2D eigenvalue weighted by Crippen LogP contribution is -2.39. The van der Waals surface area contributed by atoms with Gasteiger partial charge in [0.2, 0.25) is 0 Å². The average molecular weight is 465 g/mol. The van der Waals surface area contributed by atoms with E-state index >= 15 is 0 Å². The maximum Gasteiger partial charge on any atom is 0.317 e. The molecular weight excluding hydrogens is 436 g/mol. The Labute approximate surface area is 200 Å². The highest BCUT2D eigenvalue weighted by atomic mass is 35.5. The Morgan fingerprint density at radius 2 is 1.79 bits per heavy atom. The van der Waals surface area contributed by atoms with Crippen molar-refractivity contribution in [3.8, 4) is 11.1 Å². The van der Waals surface area contributed by atoms with Crippen LogP contribution < -0.4 is 5.32 Å². The van der Waals surface area contributed by atoms with Gasteiger partial charge in [0.15, 0.2) is 0 Å². The van der Waals surface area contributed by atoms with E-state index < -0.39 is 11.9 Å². The summed E-state index contributed by atoms with van der Waals surface area (Å²) in [5.41, 5.74) is 5.50. The Morgan fingerprint density at radius 1 is 1.06 bits per heavy atom. The van der Waals surface area contributed by atoms with Crippen LogP contribution in [0.5, 0.6) is 0 Å². The number of hydrogen-bond donors (Lipinski definition) is 2. The molecule has 0 aliphatic heterocycles. The molecule has 3 aromatic carbocycles. The van der Waals surface area contributed by atoms with Crippen molar-refractivity contribution in [3.05, 3.63) is 94.0 Å². The number of carbonyl (C=O) groups is 2. The second-order valence-corrected chi connectivity index (χ2v) is 8.59. The van der Waals surface area contributed by atoms with Gasteiger partial charge in [-0.25, -0.2) is 4.79 Å². The Kier molecular flexibility index (Phi) is 8.12. The highest BCUT2D eigenvalue weighted by molar-refractivity contribution is 6.31. The molecule has 3 rings (SSSR count). The summed E-state index contributed by atoms with van der Waals surface area (Å²) in [4.78, 5) is 26.1. The highest BCUT2D eigenvalue weighted by Crippen LogP contribution is 2.32. The van der Waals surface area contributed by atoms with Crippen molar-refractivity contribution in [1.29, 1.82) is 0 Å². The van der Waals surface area contributed by atoms with Crippen LogP contribution in [-0.2, 0) is 17.9 Å². The van der Waals surface area contributed by atoms with Gasteiger partial charge in [-0.1, -0.05) is 71.8 Å². The lowest BCUT2D eigenvalue weighted by molar-refractivity contribution is -0.138. The minimum Gasteiger partial charge on any atom is -0.481 e. The first-order chi connectivity index (χ1) is 15.8. The summed E-state index contributed by atoms with van der Waals surface area (Å²) in [6.45, 7) is 7.03. The Balaban J connectivity index is 1.87. The third-order valence-corrected chi connectivity index (χ3v) is 5.90. The van der Waals surface area contributed by atoms with E-state index in [9.17, 15) is 14.7 Å². The summed E-state index contributed by atoms with van der Waals surface area (Å²) >= 11 is 6.35. The third-order valence-electron chi connectivity index (χ3n) is 5.68. The minimum atomic E-state index is -0.903. The van der Waals surface area contributed by atoms with Gasteiger partial charge in [-0.3, -0.25) is 4.79 Å². The van der Waals surface area contributed by atoms with E-state index in [4.69, 9.17) is 11.6 Å². The molecule has 0 radical (unpaired) electrons. The normalized spacial score (nSPS) is 11.6. The van der Waals surface area contributed by atoms with Gasteiger partial charge in [-0.05, 0) is 60.7 Å². The smallest absolute Gasteiger partial charge is 0.317 e. The Morgan fingerprint density at radius 3 is 2.45 bits per heavy atom. The third kappa shape index (κ3) is 6.36. The fraction of sp³-hybridized carbons (Fsp3) is 0.259. The first kappa shape index (κ1) is 24.3. The summed E-state index contributed by atoms with van der Waals surface area (Å²) in [7, 11) is 0. The van der Waals surface area contributed by atoms with Crippen molar-refractivity contribution in [3.63, 3.8) is 0 Å². The van der Waals surface area contributed by atoms with Crippen LogP contribution in [0.4, 0.5) is 4.79 Å². The van der Waals surface area contributed by atoms with Crippen molar-refractivity contribution in [1.82, 2.24) is 10.2 Å². The van der Waals surface area contributed by atoms with E-state index in [1.165, 1.54) is 0 Å². The van der Waals surface area contributed by atoms with Gasteiger partial charge in [0.05, 0.1) is 5.92 Å². The molecule has 1 unspecified atom stereocenters. The molecule has 0 fully saturated rings. The van der Waals surface area contributed by atoms with Crippen molar-refractivity contribution >= 4 is 23.6 Å². The van der Waals surface area contributed by atoms with Crippen LogP contribution in [0, 0.1) is 6.92 Å². The van der Waals surface area contributed by atoms with Crippen LogP contribution in [-0.4, -0.2) is 28.6 Å². The quantitative estimate of drug-likeness (QED) is 0.414. The van der Waals surface area contributed by atoms with E-state index in [1.54, 1.807) is 17.9 Å². The van der Waals surface area contributed by atoms with Gasteiger partial charge in [0.1, 0.15) is 0 Å². The van der Waals surface area contributed by atoms with Gasteiger partial charge >= 0.3 is 12.0 Å². The number of halogens is 1. The first-order valence-electron chi connectivity index (χ1n) is 11.0. The van der Waals surface area contributed by atoms with Crippen LogP contribution in [0.2, 0.25) is 5.02 Å². The molecule has 0 saturated carbocycles. The number of carbonyl (C=O) groups excluding carboxylic acids is 1. The van der Waals surface area contributed by atoms with E-state index in [0.717, 1.165) is 27.8 Å². The van der Waals surface area contributed by atoms with E-state index in [-0.39, 0.29) is 6.03 Å². The molecule has 0 aliphatic rings. The number of aryl methyl sites for hydroxylation is 1. The van der Waals surface area contributed by atoms with Gasteiger partial charge in [-0.2, -0.15) is 0 Å². The fourth-order valence-corrected chi connectivity index (χ4v) is 3.96. The van der Waals surface area contributed by atoms with Crippen LogP contribution in [0.3, 0.4) is 0 Å². The van der Waals surface area contributed by atoms with Crippen LogP contribution in [0.1, 0.15) is 42.0 Å². The van der Waals surface area contributed by atoms with Crippen molar-refractivity contribution in [2.75, 3.05) is 6.54 Å². The van der Waals surface area contributed by atoms with Gasteiger partial charge < -0.3 is 15.3 Å². The predicted molar refractivity (Wildman–Crippen MR) is 132 cm³/mol. The van der Waals surface area contributed by atoms with Crippen molar-refractivity contribution in [2.45, 2.75) is 39.8 Å². The number of amides is 2. The summed E-state index contributed by atoms with van der Waals surface area (Å²) < 4.78 is 0. The first-order valence-corrected chi connectivity index (χ1v) is 11.4. The lowest BCUT2D eigenvalue weighted by atomic mass is 9.93. The Hall–Kier alpha value is -3.31. The molecule has 172 valence electrons. The fourth-order valence-electron chi connectivity index (χ4n) is 3.71. The predicted octanol–water partition coefficient (Wildman–Crippen LogP) is 6.24. The molecule has 33 heavy (non-hydrogen) atoms. The number of carboxylic acids is 1. The molecule has 0 spiro atoms.